The van der Waals surface area contributed by atoms with E-state index in [4.69, 9.17) is 9.47 Å². The van der Waals surface area contributed by atoms with Gasteiger partial charge in [-0.3, -0.25) is 0 Å². The van der Waals surface area contributed by atoms with Gasteiger partial charge in [0.25, 0.3) is 0 Å². The Kier molecular flexibility index (Phi) is 13.7. The molecule has 0 N–H and O–H groups in total. The molecule has 19 heavy (non-hydrogen) atoms. The van der Waals surface area contributed by atoms with Gasteiger partial charge in [-0.05, 0) is 26.7 Å². The average molecular weight is 375 g/mol. The molecule has 0 saturated carbocycles. The van der Waals surface area contributed by atoms with E-state index in [9.17, 15) is 9.59 Å². The smallest absolute Gasteiger partial charge is 0.334 e. The number of rotatable bonds is 8. The number of ether oxygens (including phenoxy) is 2. The van der Waals surface area contributed by atoms with Gasteiger partial charge in [0.2, 0.25) is 0 Å². The van der Waals surface area contributed by atoms with Crippen LogP contribution >= 0.6 is 0 Å². The van der Waals surface area contributed by atoms with E-state index in [1.54, 1.807) is 13.8 Å². The largest absolute Gasteiger partial charge is 0.462 e. The predicted octanol–water partition coefficient (Wildman–Crippen LogP) is 2.63. The molecule has 0 fully saturated rings. The third kappa shape index (κ3) is 9.08. The molecule has 0 bridgehead atoms. The number of carbonyl (C=O) groups is 2. The van der Waals surface area contributed by atoms with Crippen LogP contribution in [0, 0.1) is 0 Å². The van der Waals surface area contributed by atoms with Crippen molar-refractivity contribution < 1.29 is 19.1 Å². The summed E-state index contributed by atoms with van der Waals surface area (Å²) in [6, 6.07) is 0. The normalized spacial score (nSPS) is 11.2. The fraction of sp³-hybridized carbons (Fsp3) is 0.714. The topological polar surface area (TPSA) is 52.6 Å². The van der Waals surface area contributed by atoms with Gasteiger partial charge in [-0.2, -0.15) is 0 Å². The number of hydrogen-bond donors (Lipinski definition) is 0. The Hall–Kier alpha value is -0.521. The first-order chi connectivity index (χ1) is 8.54. The first-order valence-corrected chi connectivity index (χ1v) is 6.56. The first kappa shape index (κ1) is 20.8. The van der Waals surface area contributed by atoms with Crippen molar-refractivity contribution in [1.29, 1.82) is 0 Å². The summed E-state index contributed by atoms with van der Waals surface area (Å²) in [4.78, 5) is 23.2. The van der Waals surface area contributed by atoms with Crippen molar-refractivity contribution in [2.45, 2.75) is 53.4 Å². The van der Waals surface area contributed by atoms with E-state index in [0.29, 0.717) is 24.4 Å². The molecule has 4 nitrogen and oxygen atoms in total. The summed E-state index contributed by atoms with van der Waals surface area (Å²) >= 11 is 0. The van der Waals surface area contributed by atoms with Gasteiger partial charge in [0.05, 0.1) is 13.2 Å². The minimum absolute atomic E-state index is 0. The maximum Gasteiger partial charge on any atom is 0.334 e. The molecule has 0 heterocycles. The van der Waals surface area contributed by atoms with E-state index >= 15 is 0 Å². The molecule has 0 unspecified atom stereocenters. The Morgan fingerprint density at radius 1 is 0.789 bits per heavy atom. The second kappa shape index (κ2) is 12.5. The van der Waals surface area contributed by atoms with Gasteiger partial charge in [0.15, 0.2) is 0 Å². The van der Waals surface area contributed by atoms with Crippen molar-refractivity contribution >= 4 is 35.8 Å². The fourth-order valence-corrected chi connectivity index (χ4v) is 1.14. The number of unbranched alkanes of at least 4 members (excludes halogenated alkanes) is 2. The molecular weight excluding hydrogens is 351 g/mol. The summed E-state index contributed by atoms with van der Waals surface area (Å²) in [7, 11) is 0. The summed E-state index contributed by atoms with van der Waals surface area (Å²) in [5.74, 6) is -0.873. The van der Waals surface area contributed by atoms with Crippen LogP contribution in [0.3, 0.4) is 0 Å². The van der Waals surface area contributed by atoms with Crippen molar-refractivity contribution in [3.05, 3.63) is 11.1 Å². The molecule has 0 aromatic carbocycles. The van der Waals surface area contributed by atoms with Crippen molar-refractivity contribution in [2.24, 2.45) is 0 Å². The molecule has 0 aliphatic rings. The van der Waals surface area contributed by atoms with E-state index in [1.165, 1.54) is 0 Å². The van der Waals surface area contributed by atoms with Crippen LogP contribution in [0.1, 0.15) is 53.4 Å². The molecular formula is C14H24O4Sn. The van der Waals surface area contributed by atoms with Crippen molar-refractivity contribution in [3.63, 3.8) is 0 Å². The summed E-state index contributed by atoms with van der Waals surface area (Å²) in [6.07, 6.45) is 3.60. The summed E-state index contributed by atoms with van der Waals surface area (Å²) < 4.78 is 10.1. The monoisotopic (exact) mass is 376 g/mol. The number of esters is 2. The number of hydrogen-bond acceptors (Lipinski definition) is 4. The Balaban J connectivity index is 0. The van der Waals surface area contributed by atoms with E-state index < -0.39 is 11.9 Å². The Bertz CT molecular complexity index is 281. The van der Waals surface area contributed by atoms with E-state index in [1.807, 2.05) is 13.8 Å². The molecule has 0 aliphatic heterocycles. The van der Waals surface area contributed by atoms with Gasteiger partial charge < -0.3 is 9.47 Å². The Labute approximate surface area is 132 Å². The van der Waals surface area contributed by atoms with Crippen molar-refractivity contribution in [3.8, 4) is 0 Å². The van der Waals surface area contributed by atoms with Gasteiger partial charge in [-0.25, -0.2) is 9.59 Å². The van der Waals surface area contributed by atoms with E-state index in [0.717, 1.165) is 25.7 Å². The zero-order valence-corrected chi connectivity index (χ0v) is 15.2. The van der Waals surface area contributed by atoms with Crippen molar-refractivity contribution in [1.82, 2.24) is 0 Å². The molecule has 0 spiro atoms. The van der Waals surface area contributed by atoms with Crippen LogP contribution in [0.4, 0.5) is 0 Å². The second-order valence-corrected chi connectivity index (χ2v) is 4.23. The predicted molar refractivity (Wildman–Crippen MR) is 75.9 cm³/mol. The zero-order chi connectivity index (χ0) is 14.0. The third-order valence-corrected chi connectivity index (χ3v) is 2.64. The summed E-state index contributed by atoms with van der Waals surface area (Å²) in [5, 5.41) is 0. The fourth-order valence-electron chi connectivity index (χ4n) is 1.14. The second-order valence-electron chi connectivity index (χ2n) is 4.23. The average Bonchev–Trinajstić information content (AvgIpc) is 2.37. The molecule has 0 saturated heterocycles. The van der Waals surface area contributed by atoms with Crippen LogP contribution in [-0.2, 0) is 19.1 Å². The van der Waals surface area contributed by atoms with Crippen LogP contribution in [0.25, 0.3) is 0 Å². The van der Waals surface area contributed by atoms with Gasteiger partial charge in [0.1, 0.15) is 0 Å². The van der Waals surface area contributed by atoms with Crippen LogP contribution in [-0.4, -0.2) is 49.1 Å². The maximum absolute atomic E-state index is 11.6. The SMILES string of the molecule is CCCCOC(=O)/C(C)=C(/C)C(=O)OCCCC.[Sn]. The molecule has 0 aliphatic carbocycles. The molecule has 0 aromatic heterocycles. The van der Waals surface area contributed by atoms with Gasteiger partial charge in [0, 0.05) is 35.1 Å². The minimum atomic E-state index is -0.437. The van der Waals surface area contributed by atoms with E-state index in [2.05, 4.69) is 0 Å². The van der Waals surface area contributed by atoms with Gasteiger partial charge >= 0.3 is 11.9 Å². The molecule has 0 rings (SSSR count). The van der Waals surface area contributed by atoms with Crippen LogP contribution in [0.2, 0.25) is 0 Å². The molecule has 0 aromatic rings. The van der Waals surface area contributed by atoms with Crippen LogP contribution in [0.15, 0.2) is 11.1 Å². The molecule has 0 atom stereocenters. The van der Waals surface area contributed by atoms with Gasteiger partial charge in [-0.15, -0.1) is 0 Å². The van der Waals surface area contributed by atoms with Crippen LogP contribution in [0.5, 0.6) is 0 Å². The molecule has 108 valence electrons. The summed E-state index contributed by atoms with van der Waals surface area (Å²) in [5.41, 5.74) is 0.653. The van der Waals surface area contributed by atoms with Crippen LogP contribution < -0.4 is 0 Å². The maximum atomic E-state index is 11.6. The van der Waals surface area contributed by atoms with Crippen molar-refractivity contribution in [2.75, 3.05) is 13.2 Å². The quantitative estimate of drug-likeness (QED) is 0.283. The summed E-state index contributed by atoms with van der Waals surface area (Å²) in [6.45, 7) is 8.00. The number of carbonyl (C=O) groups excluding carboxylic acids is 2. The Morgan fingerprint density at radius 2 is 1.11 bits per heavy atom. The van der Waals surface area contributed by atoms with E-state index in [-0.39, 0.29) is 23.9 Å². The molecule has 4 radical (unpaired) electrons. The first-order valence-electron chi connectivity index (χ1n) is 6.56. The molecule has 0 amide bonds. The zero-order valence-electron chi connectivity index (χ0n) is 12.4. The van der Waals surface area contributed by atoms with Gasteiger partial charge in [-0.1, -0.05) is 26.7 Å². The standard InChI is InChI=1S/C14H24O4.Sn/c1-5-7-9-17-13(15)11(3)12(4)14(16)18-10-8-6-2;/h5-10H2,1-4H3;/b12-11-;. The Morgan fingerprint density at radius 3 is 1.37 bits per heavy atom. The minimum Gasteiger partial charge on any atom is -0.462 e. The third-order valence-electron chi connectivity index (χ3n) is 2.64. The molecule has 5 heteroatoms.